The van der Waals surface area contributed by atoms with E-state index in [1.54, 1.807) is 36.4 Å². The summed E-state index contributed by atoms with van der Waals surface area (Å²) in [4.78, 5) is 28.9. The number of nitrogens with zero attached hydrogens (tertiary/aromatic N) is 3. The van der Waals surface area contributed by atoms with Gasteiger partial charge >= 0.3 is 11.9 Å². The molecular weight excluding hydrogens is 405 g/mol. The summed E-state index contributed by atoms with van der Waals surface area (Å²) in [6.07, 6.45) is 1.13. The molecule has 0 radical (unpaired) electrons. The summed E-state index contributed by atoms with van der Waals surface area (Å²) in [5.74, 6) is -1.43. The minimum Gasteiger partial charge on any atom is -0.464 e. The molecule has 0 aliphatic carbocycles. The Kier molecular flexibility index (Phi) is 6.08. The molecule has 3 rings (SSSR count). The van der Waals surface area contributed by atoms with E-state index in [0.717, 1.165) is 6.21 Å². The highest BCUT2D eigenvalue weighted by atomic mass is 35.5. The van der Waals surface area contributed by atoms with Crippen molar-refractivity contribution in [1.29, 1.82) is 0 Å². The van der Waals surface area contributed by atoms with Gasteiger partial charge in [0, 0.05) is 5.02 Å². The molecule has 0 amide bonds. The zero-order valence-corrected chi connectivity index (χ0v) is 16.0. The Morgan fingerprint density at radius 3 is 2.50 bits per heavy atom. The second-order valence-corrected chi connectivity index (χ2v) is 6.21. The molecule has 0 saturated heterocycles. The highest BCUT2D eigenvalue weighted by molar-refractivity contribution is 6.33. The van der Waals surface area contributed by atoms with Gasteiger partial charge in [0.05, 0.1) is 30.1 Å². The van der Waals surface area contributed by atoms with Crippen molar-refractivity contribution in [2.75, 3.05) is 7.11 Å². The summed E-state index contributed by atoms with van der Waals surface area (Å²) in [5, 5.41) is 8.30. The molecule has 0 spiro atoms. The van der Waals surface area contributed by atoms with Gasteiger partial charge in [-0.1, -0.05) is 52.6 Å². The van der Waals surface area contributed by atoms with E-state index in [4.69, 9.17) is 32.8 Å². The van der Waals surface area contributed by atoms with Gasteiger partial charge in [-0.15, -0.1) is 0 Å². The lowest BCUT2D eigenvalue weighted by atomic mass is 10.2. The molecule has 0 N–H and O–H groups in total. The highest BCUT2D eigenvalue weighted by Crippen LogP contribution is 2.23. The number of para-hydroxylation sites is 1. The van der Waals surface area contributed by atoms with Crippen molar-refractivity contribution < 1.29 is 19.2 Å². The second kappa shape index (κ2) is 8.69. The number of carbonyl (C=O) groups excluding carboxylic acids is 2. The molecule has 0 aliphatic heterocycles. The van der Waals surface area contributed by atoms with E-state index in [1.165, 1.54) is 23.9 Å². The number of rotatable bonds is 5. The maximum Gasteiger partial charge on any atom is 0.365 e. The molecule has 0 bridgehead atoms. The number of hydrogen-bond acceptors (Lipinski definition) is 6. The van der Waals surface area contributed by atoms with Gasteiger partial charge < -0.3 is 9.57 Å². The monoisotopic (exact) mass is 417 g/mol. The van der Waals surface area contributed by atoms with Crippen molar-refractivity contribution in [2.45, 2.75) is 0 Å². The van der Waals surface area contributed by atoms with Crippen LogP contribution in [0.15, 0.2) is 59.8 Å². The lowest BCUT2D eigenvalue weighted by Gasteiger charge is -2.01. The van der Waals surface area contributed by atoms with E-state index in [2.05, 4.69) is 10.3 Å². The largest absolute Gasteiger partial charge is 0.464 e. The predicted molar refractivity (Wildman–Crippen MR) is 104 cm³/mol. The smallest absolute Gasteiger partial charge is 0.365 e. The Hall–Kier alpha value is -3.16. The molecule has 0 atom stereocenters. The molecular formula is C19H13Cl2N3O4. The average Bonchev–Trinajstić information content (AvgIpc) is 3.04. The summed E-state index contributed by atoms with van der Waals surface area (Å²) in [6, 6.07) is 15.2. The standard InChI is InChI=1S/C19H13Cl2N3O4/c1-27-19(26)16-15(17(21)24(23-16)14-8-3-2-4-9-14)11-22-28-18(25)12-6-5-7-13(20)10-12/h2-11H,1H3. The van der Waals surface area contributed by atoms with Gasteiger partial charge in [0.2, 0.25) is 0 Å². The van der Waals surface area contributed by atoms with Crippen LogP contribution in [0, 0.1) is 0 Å². The van der Waals surface area contributed by atoms with Crippen LogP contribution in [0.4, 0.5) is 0 Å². The van der Waals surface area contributed by atoms with Gasteiger partial charge in [-0.05, 0) is 30.3 Å². The summed E-state index contributed by atoms with van der Waals surface area (Å²) in [5.41, 5.74) is 0.937. The lowest BCUT2D eigenvalue weighted by Crippen LogP contribution is -2.06. The van der Waals surface area contributed by atoms with Crippen LogP contribution in [-0.4, -0.2) is 35.0 Å². The number of benzene rings is 2. The zero-order chi connectivity index (χ0) is 20.1. The number of halogens is 2. The average molecular weight is 418 g/mol. The topological polar surface area (TPSA) is 82.8 Å². The van der Waals surface area contributed by atoms with Gasteiger partial charge in [0.25, 0.3) is 0 Å². The number of carbonyl (C=O) groups is 2. The summed E-state index contributed by atoms with van der Waals surface area (Å²) in [7, 11) is 1.22. The number of aromatic nitrogens is 2. The molecule has 2 aromatic carbocycles. The minimum atomic E-state index is -0.718. The maximum absolute atomic E-state index is 12.0. The molecule has 3 aromatic rings. The van der Waals surface area contributed by atoms with E-state index < -0.39 is 11.9 Å². The van der Waals surface area contributed by atoms with Crippen molar-refractivity contribution in [3.8, 4) is 5.69 Å². The number of esters is 1. The highest BCUT2D eigenvalue weighted by Gasteiger charge is 2.22. The van der Waals surface area contributed by atoms with Crippen LogP contribution in [0.1, 0.15) is 26.4 Å². The van der Waals surface area contributed by atoms with Gasteiger partial charge in [-0.3, -0.25) is 0 Å². The molecule has 0 fully saturated rings. The Bertz CT molecular complexity index is 1050. The molecule has 9 heteroatoms. The van der Waals surface area contributed by atoms with Gasteiger partial charge in [-0.25, -0.2) is 14.3 Å². The first-order valence-electron chi connectivity index (χ1n) is 7.94. The molecule has 28 heavy (non-hydrogen) atoms. The van der Waals surface area contributed by atoms with Crippen molar-refractivity contribution in [2.24, 2.45) is 5.16 Å². The minimum absolute atomic E-state index is 0.0705. The first kappa shape index (κ1) is 19.6. The van der Waals surface area contributed by atoms with Crippen LogP contribution >= 0.6 is 23.2 Å². The number of ether oxygens (including phenoxy) is 1. The molecule has 0 unspecified atom stereocenters. The van der Waals surface area contributed by atoms with Gasteiger partial charge in [0.15, 0.2) is 5.69 Å². The fraction of sp³-hybridized carbons (Fsp3) is 0.0526. The lowest BCUT2D eigenvalue weighted by molar-refractivity contribution is 0.0519. The van der Waals surface area contributed by atoms with Crippen molar-refractivity contribution >= 4 is 41.4 Å². The summed E-state index contributed by atoms with van der Waals surface area (Å²) >= 11 is 12.2. The second-order valence-electron chi connectivity index (χ2n) is 5.42. The Morgan fingerprint density at radius 1 is 1.07 bits per heavy atom. The van der Waals surface area contributed by atoms with E-state index in [0.29, 0.717) is 10.7 Å². The molecule has 0 saturated carbocycles. The number of hydrogen-bond donors (Lipinski definition) is 0. The van der Waals surface area contributed by atoms with Crippen LogP contribution < -0.4 is 0 Å². The normalized spacial score (nSPS) is 10.8. The summed E-state index contributed by atoms with van der Waals surface area (Å²) < 4.78 is 6.09. The first-order valence-corrected chi connectivity index (χ1v) is 8.69. The molecule has 142 valence electrons. The van der Waals surface area contributed by atoms with E-state index in [1.807, 2.05) is 6.07 Å². The SMILES string of the molecule is COC(=O)c1nn(-c2ccccc2)c(Cl)c1C=NOC(=O)c1cccc(Cl)c1. The third-order valence-corrected chi connectivity index (χ3v) is 4.22. The van der Waals surface area contributed by atoms with Crippen LogP contribution in [0.5, 0.6) is 0 Å². The van der Waals surface area contributed by atoms with E-state index in [9.17, 15) is 9.59 Å². The van der Waals surface area contributed by atoms with Crippen LogP contribution in [0.25, 0.3) is 5.69 Å². The molecule has 1 heterocycles. The fourth-order valence-corrected chi connectivity index (χ4v) is 2.77. The van der Waals surface area contributed by atoms with Crippen LogP contribution in [0.2, 0.25) is 10.2 Å². The summed E-state index contributed by atoms with van der Waals surface area (Å²) in [6.45, 7) is 0. The van der Waals surface area contributed by atoms with Crippen molar-refractivity contribution in [3.05, 3.63) is 81.6 Å². The predicted octanol–water partition coefficient (Wildman–Crippen LogP) is 4.16. The van der Waals surface area contributed by atoms with Gasteiger partial charge in [0.1, 0.15) is 5.15 Å². The van der Waals surface area contributed by atoms with E-state index in [-0.39, 0.29) is 22.0 Å². The Balaban J connectivity index is 1.90. The third kappa shape index (κ3) is 4.21. The van der Waals surface area contributed by atoms with E-state index >= 15 is 0 Å². The molecule has 7 nitrogen and oxygen atoms in total. The number of oxime groups is 1. The maximum atomic E-state index is 12.0. The van der Waals surface area contributed by atoms with Crippen LogP contribution in [0.3, 0.4) is 0 Å². The Labute approximate surface area is 170 Å². The first-order chi connectivity index (χ1) is 13.5. The Morgan fingerprint density at radius 2 is 1.82 bits per heavy atom. The van der Waals surface area contributed by atoms with Crippen molar-refractivity contribution in [3.63, 3.8) is 0 Å². The molecule has 1 aromatic heterocycles. The zero-order valence-electron chi connectivity index (χ0n) is 14.5. The van der Waals surface area contributed by atoms with Crippen molar-refractivity contribution in [1.82, 2.24) is 9.78 Å². The fourth-order valence-electron chi connectivity index (χ4n) is 2.31. The van der Waals surface area contributed by atoms with Crippen LogP contribution in [-0.2, 0) is 9.57 Å². The quantitative estimate of drug-likeness (QED) is 0.269. The number of methoxy groups -OCH3 is 1. The third-order valence-electron chi connectivity index (χ3n) is 3.62. The molecule has 0 aliphatic rings. The van der Waals surface area contributed by atoms with Gasteiger partial charge in [-0.2, -0.15) is 5.10 Å².